The van der Waals surface area contributed by atoms with Crippen LogP contribution in [0, 0.1) is 5.92 Å². The number of piperidine rings is 1. The lowest BCUT2D eigenvalue weighted by molar-refractivity contribution is -0.130. The first-order valence-corrected chi connectivity index (χ1v) is 8.06. The minimum Gasteiger partial charge on any atom is -0.434 e. The number of para-hydroxylation sites is 1. The van der Waals surface area contributed by atoms with Crippen LogP contribution in [0.5, 0.6) is 5.75 Å². The van der Waals surface area contributed by atoms with Crippen LogP contribution in [0.15, 0.2) is 30.3 Å². The van der Waals surface area contributed by atoms with Gasteiger partial charge in [-0.05, 0) is 44.2 Å². The predicted octanol–water partition coefficient (Wildman–Crippen LogP) is 3.31. The highest BCUT2D eigenvalue weighted by Crippen LogP contribution is 2.28. The summed E-state index contributed by atoms with van der Waals surface area (Å²) in [5.74, 6) is -0.0349. The van der Waals surface area contributed by atoms with Crippen molar-refractivity contribution in [2.24, 2.45) is 5.92 Å². The molecule has 1 aromatic carbocycles. The van der Waals surface area contributed by atoms with E-state index in [2.05, 4.69) is 4.74 Å². The highest BCUT2D eigenvalue weighted by Gasteiger charge is 2.27. The van der Waals surface area contributed by atoms with Gasteiger partial charge >= 0.3 is 6.61 Å². The normalized spacial score (nSPS) is 21.9. The maximum Gasteiger partial charge on any atom is 0.387 e. The lowest BCUT2D eigenvalue weighted by atomic mass is 9.94. The zero-order valence-corrected chi connectivity index (χ0v) is 13.9. The molecule has 2 rings (SSSR count). The quantitative estimate of drug-likeness (QED) is 0.838. The van der Waals surface area contributed by atoms with Gasteiger partial charge in [0, 0.05) is 30.8 Å². The molecule has 0 aromatic heterocycles. The number of likely N-dealkylation sites (tertiary alicyclic amines) is 1. The summed E-state index contributed by atoms with van der Waals surface area (Å²) in [5.41, 5.74) is 1.03. The number of aliphatic hydroxyl groups excluding tert-OH is 1. The summed E-state index contributed by atoms with van der Waals surface area (Å²) in [5, 5.41) is 9.32. The number of benzene rings is 1. The molecule has 1 aliphatic rings. The molecule has 1 fully saturated rings. The van der Waals surface area contributed by atoms with Gasteiger partial charge < -0.3 is 14.7 Å². The lowest BCUT2D eigenvalue weighted by Gasteiger charge is -2.37. The van der Waals surface area contributed by atoms with E-state index in [0.29, 0.717) is 17.7 Å². The molecular weight excluding hydrogens is 316 g/mol. The van der Waals surface area contributed by atoms with E-state index in [1.807, 2.05) is 6.92 Å². The predicted molar refractivity (Wildman–Crippen MR) is 87.7 cm³/mol. The number of nitrogens with zero attached hydrogens (tertiary/aromatic N) is 1. The average Bonchev–Trinajstić information content (AvgIpc) is 2.55. The van der Waals surface area contributed by atoms with Crippen LogP contribution in [0.25, 0.3) is 5.57 Å². The van der Waals surface area contributed by atoms with Crippen LogP contribution in [-0.2, 0) is 4.79 Å². The van der Waals surface area contributed by atoms with Crippen molar-refractivity contribution >= 4 is 11.5 Å². The van der Waals surface area contributed by atoms with E-state index in [-0.39, 0.29) is 30.2 Å². The molecule has 132 valence electrons. The summed E-state index contributed by atoms with van der Waals surface area (Å²) in [7, 11) is 0. The molecule has 0 radical (unpaired) electrons. The van der Waals surface area contributed by atoms with Crippen molar-refractivity contribution in [3.63, 3.8) is 0 Å². The standard InChI is InChI=1S/C18H23F2NO3/c1-12(15-5-3-4-6-16(15)24-18(19)20)9-17(23)21-10-14(11-22)8-7-13(21)2/h3-6,9,13-14,18,22H,7-8,10-11H2,1-2H3/b12-9-. The molecule has 2 unspecified atom stereocenters. The first kappa shape index (κ1) is 18.4. The van der Waals surface area contributed by atoms with Gasteiger partial charge in [0.25, 0.3) is 0 Å². The van der Waals surface area contributed by atoms with E-state index in [0.717, 1.165) is 12.8 Å². The molecule has 4 nitrogen and oxygen atoms in total. The number of hydrogen-bond acceptors (Lipinski definition) is 3. The summed E-state index contributed by atoms with van der Waals surface area (Å²) < 4.78 is 29.5. The highest BCUT2D eigenvalue weighted by molar-refractivity contribution is 5.95. The van der Waals surface area contributed by atoms with Gasteiger partial charge in [-0.25, -0.2) is 0 Å². The van der Waals surface area contributed by atoms with E-state index in [4.69, 9.17) is 0 Å². The van der Waals surface area contributed by atoms with Gasteiger partial charge in [-0.2, -0.15) is 8.78 Å². The third-order valence-corrected chi connectivity index (χ3v) is 4.39. The number of allylic oxidation sites excluding steroid dienone is 1. The number of rotatable bonds is 5. The maximum absolute atomic E-state index is 12.6. The minimum absolute atomic E-state index is 0.0500. The second-order valence-electron chi connectivity index (χ2n) is 6.17. The van der Waals surface area contributed by atoms with Crippen molar-refractivity contribution in [1.29, 1.82) is 0 Å². The van der Waals surface area contributed by atoms with Crippen molar-refractivity contribution in [1.82, 2.24) is 4.90 Å². The smallest absolute Gasteiger partial charge is 0.387 e. The van der Waals surface area contributed by atoms with E-state index in [1.54, 1.807) is 30.0 Å². The second-order valence-corrected chi connectivity index (χ2v) is 6.17. The molecule has 0 bridgehead atoms. The molecule has 0 aliphatic carbocycles. The summed E-state index contributed by atoms with van der Waals surface area (Å²) >= 11 is 0. The van der Waals surface area contributed by atoms with Gasteiger partial charge in [-0.1, -0.05) is 18.2 Å². The summed E-state index contributed by atoms with van der Waals surface area (Å²) in [6, 6.07) is 6.51. The van der Waals surface area contributed by atoms with Crippen LogP contribution < -0.4 is 4.74 Å². The van der Waals surface area contributed by atoms with Gasteiger partial charge in [0.1, 0.15) is 5.75 Å². The Morgan fingerprint density at radius 2 is 2.12 bits per heavy atom. The fourth-order valence-electron chi connectivity index (χ4n) is 2.98. The van der Waals surface area contributed by atoms with Crippen LogP contribution in [0.2, 0.25) is 0 Å². The van der Waals surface area contributed by atoms with E-state index in [1.165, 1.54) is 12.1 Å². The lowest BCUT2D eigenvalue weighted by Crippen LogP contribution is -2.45. The van der Waals surface area contributed by atoms with E-state index < -0.39 is 6.61 Å². The number of aliphatic hydroxyl groups is 1. The van der Waals surface area contributed by atoms with Gasteiger partial charge in [-0.3, -0.25) is 4.79 Å². The number of halogens is 2. The Hall–Kier alpha value is -1.95. The number of hydrogen-bond donors (Lipinski definition) is 1. The van der Waals surface area contributed by atoms with E-state index in [9.17, 15) is 18.7 Å². The largest absolute Gasteiger partial charge is 0.434 e. The third-order valence-electron chi connectivity index (χ3n) is 4.39. The molecule has 0 saturated carbocycles. The van der Waals surface area contributed by atoms with Crippen molar-refractivity contribution in [3.05, 3.63) is 35.9 Å². The van der Waals surface area contributed by atoms with Gasteiger partial charge in [0.2, 0.25) is 5.91 Å². The average molecular weight is 339 g/mol. The molecule has 1 aromatic rings. The Morgan fingerprint density at radius 3 is 2.79 bits per heavy atom. The first-order chi connectivity index (χ1) is 11.4. The number of carbonyl (C=O) groups is 1. The molecule has 24 heavy (non-hydrogen) atoms. The van der Waals surface area contributed by atoms with Gasteiger partial charge in [-0.15, -0.1) is 0 Å². The number of amides is 1. The highest BCUT2D eigenvalue weighted by atomic mass is 19.3. The van der Waals surface area contributed by atoms with Gasteiger partial charge in [0.15, 0.2) is 0 Å². The summed E-state index contributed by atoms with van der Waals surface area (Å²) in [6.07, 6.45) is 3.19. The van der Waals surface area contributed by atoms with Crippen LogP contribution in [0.1, 0.15) is 32.3 Å². The summed E-state index contributed by atoms with van der Waals surface area (Å²) in [4.78, 5) is 14.3. The monoisotopic (exact) mass is 339 g/mol. The van der Waals surface area contributed by atoms with Crippen LogP contribution >= 0.6 is 0 Å². The SMILES string of the molecule is C/C(=C/C(=O)N1CC(CO)CCC1C)c1ccccc1OC(F)F. The fraction of sp³-hybridized carbons (Fsp3) is 0.500. The molecule has 1 amide bonds. The van der Waals surface area contributed by atoms with Crippen LogP contribution in [0.3, 0.4) is 0 Å². The second kappa shape index (κ2) is 8.24. The van der Waals surface area contributed by atoms with Crippen LogP contribution in [-0.4, -0.2) is 41.7 Å². The van der Waals surface area contributed by atoms with Gasteiger partial charge in [0.05, 0.1) is 0 Å². The summed E-state index contributed by atoms with van der Waals surface area (Å²) in [6.45, 7) is 1.33. The minimum atomic E-state index is -2.91. The Kier molecular flexibility index (Phi) is 6.31. The number of alkyl halides is 2. The molecule has 1 heterocycles. The van der Waals surface area contributed by atoms with Crippen molar-refractivity contribution in [2.45, 2.75) is 39.3 Å². The number of ether oxygens (including phenoxy) is 1. The molecule has 2 atom stereocenters. The topological polar surface area (TPSA) is 49.8 Å². The first-order valence-electron chi connectivity index (χ1n) is 8.06. The van der Waals surface area contributed by atoms with E-state index >= 15 is 0 Å². The molecule has 1 aliphatic heterocycles. The maximum atomic E-state index is 12.6. The third kappa shape index (κ3) is 4.54. The number of carbonyl (C=O) groups excluding carboxylic acids is 1. The Labute approximate surface area is 140 Å². The Bertz CT molecular complexity index is 604. The zero-order chi connectivity index (χ0) is 17.7. The Balaban J connectivity index is 2.19. The molecule has 6 heteroatoms. The molecular formula is C18H23F2NO3. The molecule has 1 saturated heterocycles. The van der Waals surface area contributed by atoms with Crippen molar-refractivity contribution in [2.75, 3.05) is 13.2 Å². The van der Waals surface area contributed by atoms with Crippen LogP contribution in [0.4, 0.5) is 8.78 Å². The van der Waals surface area contributed by atoms with Crippen molar-refractivity contribution < 1.29 is 23.4 Å². The fourth-order valence-corrected chi connectivity index (χ4v) is 2.98. The zero-order valence-electron chi connectivity index (χ0n) is 13.9. The Morgan fingerprint density at radius 1 is 1.42 bits per heavy atom. The molecule has 0 spiro atoms. The van der Waals surface area contributed by atoms with Crippen molar-refractivity contribution in [3.8, 4) is 5.75 Å². The molecule has 1 N–H and O–H groups in total.